The topological polar surface area (TPSA) is 66.7 Å². The van der Waals surface area contributed by atoms with Crippen LogP contribution in [0.2, 0.25) is 0 Å². The zero-order valence-electron chi connectivity index (χ0n) is 12.9. The summed E-state index contributed by atoms with van der Waals surface area (Å²) in [5, 5.41) is 3.10. The Morgan fingerprint density at radius 2 is 2.27 bits per heavy atom. The van der Waals surface area contributed by atoms with E-state index in [0.29, 0.717) is 12.2 Å². The molecule has 1 aliphatic rings. The maximum absolute atomic E-state index is 12.7. The predicted molar refractivity (Wildman–Crippen MR) is 84.2 cm³/mol. The Morgan fingerprint density at radius 3 is 3.05 bits per heavy atom. The number of aryl methyl sites for hydroxylation is 1. The average Bonchev–Trinajstić information content (AvgIpc) is 2.96. The van der Waals surface area contributed by atoms with E-state index in [0.717, 1.165) is 24.9 Å². The van der Waals surface area contributed by atoms with Crippen LogP contribution in [0.15, 0.2) is 29.3 Å². The van der Waals surface area contributed by atoms with Gasteiger partial charge in [0.2, 0.25) is 0 Å². The molecule has 3 heterocycles. The summed E-state index contributed by atoms with van der Waals surface area (Å²) < 4.78 is 1.45. The van der Waals surface area contributed by atoms with Gasteiger partial charge in [-0.1, -0.05) is 6.07 Å². The molecular formula is C16H20N4O2. The summed E-state index contributed by atoms with van der Waals surface area (Å²) in [5.41, 5.74) is 1.36. The molecule has 116 valence electrons. The van der Waals surface area contributed by atoms with Gasteiger partial charge in [-0.25, -0.2) is 4.98 Å². The largest absolute Gasteiger partial charge is 0.334 e. The lowest BCUT2D eigenvalue weighted by atomic mass is 10.2. The van der Waals surface area contributed by atoms with Crippen LogP contribution in [0, 0.1) is 6.92 Å². The minimum absolute atomic E-state index is 0.145. The number of fused-ring (bicyclic) bond motifs is 1. The normalized spacial score (nSPS) is 18.1. The highest BCUT2D eigenvalue weighted by Crippen LogP contribution is 2.18. The van der Waals surface area contributed by atoms with Crippen molar-refractivity contribution >= 4 is 11.6 Å². The summed E-state index contributed by atoms with van der Waals surface area (Å²) in [6, 6.07) is 3.83. The van der Waals surface area contributed by atoms with Crippen molar-refractivity contribution < 1.29 is 4.79 Å². The van der Waals surface area contributed by atoms with Gasteiger partial charge < -0.3 is 10.2 Å². The fraction of sp³-hybridized carbons (Fsp3) is 0.438. The molecule has 1 atom stereocenters. The summed E-state index contributed by atoms with van der Waals surface area (Å²) in [6.07, 6.45) is 5.06. The number of amides is 1. The van der Waals surface area contributed by atoms with Gasteiger partial charge in [-0.05, 0) is 38.4 Å². The molecule has 6 heteroatoms. The molecule has 0 spiro atoms. The summed E-state index contributed by atoms with van der Waals surface area (Å²) in [4.78, 5) is 31.4. The molecule has 0 bridgehead atoms. The van der Waals surface area contributed by atoms with Crippen LogP contribution in [-0.2, 0) is 0 Å². The van der Waals surface area contributed by atoms with Gasteiger partial charge in [0.15, 0.2) is 0 Å². The number of rotatable bonds is 3. The molecular weight excluding hydrogens is 280 g/mol. The fourth-order valence-electron chi connectivity index (χ4n) is 3.03. The molecule has 2 aromatic rings. The van der Waals surface area contributed by atoms with E-state index in [9.17, 15) is 9.59 Å². The van der Waals surface area contributed by atoms with E-state index < -0.39 is 0 Å². The number of carbonyl (C=O) groups is 1. The molecule has 22 heavy (non-hydrogen) atoms. The van der Waals surface area contributed by atoms with Crippen LogP contribution in [0.4, 0.5) is 0 Å². The summed E-state index contributed by atoms with van der Waals surface area (Å²) in [7, 11) is 1.87. The van der Waals surface area contributed by atoms with Crippen molar-refractivity contribution in [3.8, 4) is 0 Å². The van der Waals surface area contributed by atoms with Gasteiger partial charge in [-0.3, -0.25) is 14.0 Å². The zero-order valence-corrected chi connectivity index (χ0v) is 12.9. The van der Waals surface area contributed by atoms with Crippen LogP contribution < -0.4 is 10.9 Å². The minimum Gasteiger partial charge on any atom is -0.334 e. The Labute approximate surface area is 128 Å². The van der Waals surface area contributed by atoms with Crippen molar-refractivity contribution in [3.63, 3.8) is 0 Å². The van der Waals surface area contributed by atoms with E-state index in [1.807, 2.05) is 20.0 Å². The van der Waals surface area contributed by atoms with Crippen LogP contribution in [-0.4, -0.2) is 46.4 Å². The lowest BCUT2D eigenvalue weighted by Crippen LogP contribution is -2.43. The van der Waals surface area contributed by atoms with Crippen LogP contribution >= 0.6 is 0 Å². The number of hydrogen-bond donors (Lipinski definition) is 1. The summed E-state index contributed by atoms with van der Waals surface area (Å²) >= 11 is 0. The van der Waals surface area contributed by atoms with Gasteiger partial charge in [-0.2, -0.15) is 0 Å². The number of likely N-dealkylation sites (tertiary alicyclic amines) is 1. The second kappa shape index (κ2) is 5.88. The first-order valence-electron chi connectivity index (χ1n) is 7.55. The Bertz CT molecular complexity index is 768. The standard InChI is InChI=1S/C16H20N4O2/c1-11-5-6-14-18-9-13(16(22)20(14)10-11)15(21)19-7-3-4-12(19)8-17-2/h5-6,9-10,12,17H,3-4,7-8H2,1-2H3. The molecule has 1 N–H and O–H groups in total. The number of aromatic nitrogens is 2. The fourth-order valence-corrected chi connectivity index (χ4v) is 3.03. The third-order valence-electron chi connectivity index (χ3n) is 4.16. The average molecular weight is 300 g/mol. The Hall–Kier alpha value is -2.21. The quantitative estimate of drug-likeness (QED) is 0.911. The molecule has 0 aromatic carbocycles. The number of likely N-dealkylation sites (N-methyl/N-ethyl adjacent to an activating group) is 1. The molecule has 1 unspecified atom stereocenters. The van der Waals surface area contributed by atoms with Crippen molar-refractivity contribution in [2.45, 2.75) is 25.8 Å². The minimum atomic E-state index is -0.297. The lowest BCUT2D eigenvalue weighted by Gasteiger charge is -2.24. The highest BCUT2D eigenvalue weighted by Gasteiger charge is 2.30. The second-order valence-corrected chi connectivity index (χ2v) is 5.76. The molecule has 0 aliphatic carbocycles. The molecule has 2 aromatic heterocycles. The van der Waals surface area contributed by atoms with E-state index in [1.165, 1.54) is 10.6 Å². The van der Waals surface area contributed by atoms with Crippen molar-refractivity contribution in [1.82, 2.24) is 19.6 Å². The van der Waals surface area contributed by atoms with Crippen LogP contribution in [0.5, 0.6) is 0 Å². The molecule has 1 amide bonds. The monoisotopic (exact) mass is 300 g/mol. The number of pyridine rings is 1. The van der Waals surface area contributed by atoms with Gasteiger partial charge in [0.05, 0.1) is 0 Å². The van der Waals surface area contributed by atoms with Gasteiger partial charge in [0.25, 0.3) is 11.5 Å². The zero-order chi connectivity index (χ0) is 15.7. The molecule has 1 fully saturated rings. The maximum atomic E-state index is 12.7. The molecule has 1 aliphatic heterocycles. The van der Waals surface area contributed by atoms with Crippen LogP contribution in [0.3, 0.4) is 0 Å². The smallest absolute Gasteiger partial charge is 0.270 e. The van der Waals surface area contributed by atoms with E-state index in [1.54, 1.807) is 17.2 Å². The molecule has 3 rings (SSSR count). The first-order valence-corrected chi connectivity index (χ1v) is 7.55. The summed E-state index contributed by atoms with van der Waals surface area (Å²) in [5.74, 6) is -0.217. The van der Waals surface area contributed by atoms with Crippen LogP contribution in [0.1, 0.15) is 28.8 Å². The Morgan fingerprint density at radius 1 is 1.45 bits per heavy atom. The SMILES string of the molecule is CNCC1CCCN1C(=O)c1cnc2ccc(C)cn2c1=O. The lowest BCUT2D eigenvalue weighted by molar-refractivity contribution is 0.0734. The van der Waals surface area contributed by atoms with Crippen molar-refractivity contribution in [1.29, 1.82) is 0 Å². The second-order valence-electron chi connectivity index (χ2n) is 5.76. The first kappa shape index (κ1) is 14.7. The predicted octanol–water partition coefficient (Wildman–Crippen LogP) is 0.827. The van der Waals surface area contributed by atoms with Gasteiger partial charge in [0, 0.05) is 31.5 Å². The Balaban J connectivity index is 2.01. The molecule has 0 saturated carbocycles. The van der Waals surface area contributed by atoms with Crippen molar-refractivity contribution in [2.24, 2.45) is 0 Å². The van der Waals surface area contributed by atoms with Crippen molar-refractivity contribution in [3.05, 3.63) is 46.0 Å². The number of nitrogens with one attached hydrogen (secondary N) is 1. The highest BCUT2D eigenvalue weighted by atomic mass is 16.2. The van der Waals surface area contributed by atoms with E-state index >= 15 is 0 Å². The maximum Gasteiger partial charge on any atom is 0.270 e. The van der Waals surface area contributed by atoms with Gasteiger partial charge >= 0.3 is 0 Å². The molecule has 6 nitrogen and oxygen atoms in total. The van der Waals surface area contributed by atoms with E-state index in [4.69, 9.17) is 0 Å². The van der Waals surface area contributed by atoms with Gasteiger partial charge in [-0.15, -0.1) is 0 Å². The Kier molecular flexibility index (Phi) is 3.94. The third-order valence-corrected chi connectivity index (χ3v) is 4.16. The third kappa shape index (κ3) is 2.50. The summed E-state index contributed by atoms with van der Waals surface area (Å²) in [6.45, 7) is 3.35. The number of nitrogens with zero attached hydrogens (tertiary/aromatic N) is 3. The van der Waals surface area contributed by atoms with E-state index in [2.05, 4.69) is 10.3 Å². The molecule has 0 radical (unpaired) electrons. The van der Waals surface area contributed by atoms with Crippen LogP contribution in [0.25, 0.3) is 5.65 Å². The molecule has 1 saturated heterocycles. The van der Waals surface area contributed by atoms with Crippen molar-refractivity contribution in [2.75, 3.05) is 20.1 Å². The van der Waals surface area contributed by atoms with Gasteiger partial charge in [0.1, 0.15) is 11.2 Å². The first-order chi connectivity index (χ1) is 10.6. The number of hydrogen-bond acceptors (Lipinski definition) is 4. The highest BCUT2D eigenvalue weighted by molar-refractivity contribution is 5.94. The van der Waals surface area contributed by atoms with E-state index in [-0.39, 0.29) is 23.1 Å². The number of carbonyl (C=O) groups excluding carboxylic acids is 1.